The van der Waals surface area contributed by atoms with E-state index in [9.17, 15) is 4.79 Å². The molecule has 160 valence electrons. The van der Waals surface area contributed by atoms with Crippen LogP contribution in [-0.2, 0) is 20.2 Å². The minimum Gasteiger partial charge on any atom is -0.489 e. The third-order valence-electron chi connectivity index (χ3n) is 5.10. The van der Waals surface area contributed by atoms with Crippen LogP contribution in [0.2, 0.25) is 0 Å². The Hall–Kier alpha value is -3.39. The lowest BCUT2D eigenvalue weighted by Gasteiger charge is -2.07. The third kappa shape index (κ3) is 5.03. The minimum atomic E-state index is -0.153. The number of nitrogens with zero attached hydrogens (tertiary/aromatic N) is 4. The van der Waals surface area contributed by atoms with E-state index in [1.54, 1.807) is 15.6 Å². The molecule has 0 bridgehead atoms. The molecule has 0 aliphatic carbocycles. The molecule has 0 aliphatic rings. The van der Waals surface area contributed by atoms with Crippen LogP contribution in [0.3, 0.4) is 0 Å². The molecule has 1 amide bonds. The normalized spacial score (nSPS) is 11.0. The minimum absolute atomic E-state index is 0.153. The number of carbonyl (C=O) groups excluding carboxylic acids is 1. The van der Waals surface area contributed by atoms with Gasteiger partial charge in [-0.25, -0.2) is 0 Å². The molecule has 0 saturated carbocycles. The zero-order valence-electron chi connectivity index (χ0n) is 18.0. The number of aromatic nitrogens is 4. The van der Waals surface area contributed by atoms with Crippen LogP contribution in [0.5, 0.6) is 5.75 Å². The van der Waals surface area contributed by atoms with Crippen LogP contribution in [0, 0.1) is 20.8 Å². The van der Waals surface area contributed by atoms with E-state index in [2.05, 4.69) is 29.4 Å². The van der Waals surface area contributed by atoms with E-state index in [1.807, 2.05) is 56.0 Å². The van der Waals surface area contributed by atoms with Gasteiger partial charge in [-0.3, -0.25) is 14.2 Å². The highest BCUT2D eigenvalue weighted by Gasteiger charge is 2.12. The topological polar surface area (TPSA) is 74.0 Å². The number of hydrogen-bond acceptors (Lipinski definition) is 5. The fourth-order valence-corrected chi connectivity index (χ4v) is 4.02. The van der Waals surface area contributed by atoms with Gasteiger partial charge < -0.3 is 10.1 Å². The number of nitrogens with one attached hydrogen (secondary N) is 1. The summed E-state index contributed by atoms with van der Waals surface area (Å²) in [4.78, 5) is 13.3. The highest BCUT2D eigenvalue weighted by molar-refractivity contribution is 7.12. The Kier molecular flexibility index (Phi) is 5.90. The number of amides is 1. The van der Waals surface area contributed by atoms with Crippen molar-refractivity contribution < 1.29 is 9.53 Å². The van der Waals surface area contributed by atoms with Crippen molar-refractivity contribution in [1.82, 2.24) is 19.6 Å². The molecule has 4 rings (SSSR count). The largest absolute Gasteiger partial charge is 0.489 e. The van der Waals surface area contributed by atoms with Crippen LogP contribution >= 0.6 is 11.3 Å². The van der Waals surface area contributed by atoms with E-state index in [-0.39, 0.29) is 5.91 Å². The number of benzene rings is 1. The van der Waals surface area contributed by atoms with Crippen LogP contribution in [0.4, 0.5) is 5.69 Å². The van der Waals surface area contributed by atoms with E-state index in [0.29, 0.717) is 23.7 Å². The Balaban J connectivity index is 1.34. The number of ether oxygens (including phenoxy) is 1. The van der Waals surface area contributed by atoms with E-state index in [1.165, 1.54) is 22.5 Å². The van der Waals surface area contributed by atoms with E-state index < -0.39 is 0 Å². The predicted octanol–water partition coefficient (Wildman–Crippen LogP) is 4.48. The van der Waals surface area contributed by atoms with Gasteiger partial charge in [-0.1, -0.05) is 6.07 Å². The summed E-state index contributed by atoms with van der Waals surface area (Å²) in [6.45, 7) is 7.14. The maximum atomic E-state index is 12.6. The number of thiophene rings is 1. The highest BCUT2D eigenvalue weighted by atomic mass is 32.1. The molecule has 3 heterocycles. The van der Waals surface area contributed by atoms with Crippen LogP contribution in [0.15, 0.2) is 48.2 Å². The average molecular weight is 436 g/mol. The van der Waals surface area contributed by atoms with Gasteiger partial charge in [0, 0.05) is 30.6 Å². The number of aryl methyl sites for hydroxylation is 4. The summed E-state index contributed by atoms with van der Waals surface area (Å²) >= 11 is 1.40. The first-order valence-corrected chi connectivity index (χ1v) is 10.9. The van der Waals surface area contributed by atoms with Crippen molar-refractivity contribution in [2.75, 3.05) is 5.32 Å². The predicted molar refractivity (Wildman–Crippen MR) is 122 cm³/mol. The Morgan fingerprint density at radius 1 is 1.16 bits per heavy atom. The smallest absolute Gasteiger partial charge is 0.265 e. The molecule has 3 aromatic heterocycles. The molecule has 0 unspecified atom stereocenters. The van der Waals surface area contributed by atoms with Crippen molar-refractivity contribution in [2.24, 2.45) is 7.05 Å². The first kappa shape index (κ1) is 20.9. The lowest BCUT2D eigenvalue weighted by atomic mass is 10.1. The summed E-state index contributed by atoms with van der Waals surface area (Å²) in [5.74, 6) is 0.677. The van der Waals surface area contributed by atoms with Gasteiger partial charge in [0.05, 0.1) is 29.0 Å². The molecule has 0 saturated heterocycles. The summed E-state index contributed by atoms with van der Waals surface area (Å²) in [6.07, 6.45) is 5.45. The van der Waals surface area contributed by atoms with Crippen molar-refractivity contribution >= 4 is 22.9 Å². The van der Waals surface area contributed by atoms with Crippen molar-refractivity contribution in [1.29, 1.82) is 0 Å². The molecule has 1 aromatic carbocycles. The molecular formula is C23H25N5O2S. The Labute approximate surface area is 185 Å². The van der Waals surface area contributed by atoms with Gasteiger partial charge >= 0.3 is 0 Å². The zero-order chi connectivity index (χ0) is 22.0. The summed E-state index contributed by atoms with van der Waals surface area (Å²) in [5.41, 5.74) is 6.12. The zero-order valence-corrected chi connectivity index (χ0v) is 18.9. The van der Waals surface area contributed by atoms with E-state index >= 15 is 0 Å². The Bertz CT molecular complexity index is 1220. The lowest BCUT2D eigenvalue weighted by Crippen LogP contribution is -2.09. The summed E-state index contributed by atoms with van der Waals surface area (Å²) in [6, 6.07) is 7.91. The van der Waals surface area contributed by atoms with Gasteiger partial charge in [0.15, 0.2) is 0 Å². The molecule has 0 spiro atoms. The average Bonchev–Trinajstić information content (AvgIpc) is 3.44. The summed E-state index contributed by atoms with van der Waals surface area (Å²) in [5, 5.41) is 13.5. The van der Waals surface area contributed by atoms with Gasteiger partial charge in [-0.05, 0) is 55.5 Å². The quantitative estimate of drug-likeness (QED) is 0.464. The van der Waals surface area contributed by atoms with Gasteiger partial charge in [-0.2, -0.15) is 10.2 Å². The number of hydrogen-bond donors (Lipinski definition) is 1. The second kappa shape index (κ2) is 8.77. The standard InChI is InChI=1S/C23H25N5O2S/c1-15-5-6-21(7-16(15)2)30-13-18-8-22(31-14-18)23(29)25-20-9-24-28(12-20)11-19-10-27(4)26-17(19)3/h5-10,12,14H,11,13H2,1-4H3,(H,25,29). The molecule has 7 nitrogen and oxygen atoms in total. The molecule has 0 radical (unpaired) electrons. The second-order valence-corrected chi connectivity index (χ2v) is 8.56. The van der Waals surface area contributed by atoms with Crippen molar-refractivity contribution in [2.45, 2.75) is 33.9 Å². The van der Waals surface area contributed by atoms with Gasteiger partial charge in [0.1, 0.15) is 12.4 Å². The molecule has 0 aliphatic heterocycles. The Morgan fingerprint density at radius 2 is 2.00 bits per heavy atom. The fraction of sp³-hybridized carbons (Fsp3) is 0.261. The number of rotatable bonds is 7. The molecule has 0 fully saturated rings. The molecule has 8 heteroatoms. The van der Waals surface area contributed by atoms with E-state index in [4.69, 9.17) is 4.74 Å². The number of anilines is 1. The highest BCUT2D eigenvalue weighted by Crippen LogP contribution is 2.21. The van der Waals surface area contributed by atoms with Gasteiger partial charge in [0.25, 0.3) is 5.91 Å². The van der Waals surface area contributed by atoms with Crippen molar-refractivity contribution in [3.63, 3.8) is 0 Å². The van der Waals surface area contributed by atoms with E-state index in [0.717, 1.165) is 22.6 Å². The molecule has 0 atom stereocenters. The first-order chi connectivity index (χ1) is 14.9. The number of carbonyl (C=O) groups is 1. The van der Waals surface area contributed by atoms with Crippen LogP contribution in [-0.4, -0.2) is 25.5 Å². The first-order valence-electron chi connectivity index (χ1n) is 9.98. The molecule has 31 heavy (non-hydrogen) atoms. The molecular weight excluding hydrogens is 410 g/mol. The van der Waals surface area contributed by atoms with Gasteiger partial charge in [-0.15, -0.1) is 11.3 Å². The summed E-state index contributed by atoms with van der Waals surface area (Å²) in [7, 11) is 1.90. The van der Waals surface area contributed by atoms with Gasteiger partial charge in [0.2, 0.25) is 0 Å². The van der Waals surface area contributed by atoms with Crippen LogP contribution in [0.25, 0.3) is 0 Å². The third-order valence-corrected chi connectivity index (χ3v) is 6.08. The maximum absolute atomic E-state index is 12.6. The monoisotopic (exact) mass is 435 g/mol. The molecule has 1 N–H and O–H groups in total. The van der Waals surface area contributed by atoms with Crippen molar-refractivity contribution in [3.8, 4) is 5.75 Å². The maximum Gasteiger partial charge on any atom is 0.265 e. The Morgan fingerprint density at radius 3 is 2.74 bits per heavy atom. The molecule has 4 aromatic rings. The van der Waals surface area contributed by atoms with Crippen LogP contribution < -0.4 is 10.1 Å². The summed E-state index contributed by atoms with van der Waals surface area (Å²) < 4.78 is 9.44. The van der Waals surface area contributed by atoms with Crippen molar-refractivity contribution in [3.05, 3.63) is 81.1 Å². The second-order valence-electron chi connectivity index (χ2n) is 7.65. The van der Waals surface area contributed by atoms with Crippen LogP contribution in [0.1, 0.15) is 37.6 Å². The SMILES string of the molecule is Cc1ccc(OCc2csc(C(=O)Nc3cnn(Cc4cn(C)nc4C)c3)c2)cc1C. The lowest BCUT2D eigenvalue weighted by molar-refractivity contribution is 0.103. The fourth-order valence-electron chi connectivity index (χ4n) is 3.23.